The molecule has 9 heteroatoms. The summed E-state index contributed by atoms with van der Waals surface area (Å²) in [7, 11) is 0. The van der Waals surface area contributed by atoms with Gasteiger partial charge in [0.05, 0.1) is 17.3 Å². The summed E-state index contributed by atoms with van der Waals surface area (Å²) >= 11 is 2.16. The fourth-order valence-corrected chi connectivity index (χ4v) is 4.73. The average Bonchev–Trinajstić information content (AvgIpc) is 3.15. The normalized spacial score (nSPS) is 10.8. The Labute approximate surface area is 174 Å². The van der Waals surface area contributed by atoms with Gasteiger partial charge in [0.15, 0.2) is 0 Å². The summed E-state index contributed by atoms with van der Waals surface area (Å²) in [6, 6.07) is 7.47. The van der Waals surface area contributed by atoms with Gasteiger partial charge in [-0.2, -0.15) is 0 Å². The summed E-state index contributed by atoms with van der Waals surface area (Å²) in [5.41, 5.74) is 1.95. The van der Waals surface area contributed by atoms with E-state index in [1.807, 2.05) is 0 Å². The Morgan fingerprint density at radius 2 is 1.86 bits per heavy atom. The van der Waals surface area contributed by atoms with Crippen LogP contribution in [0, 0.1) is 19.7 Å². The van der Waals surface area contributed by atoms with Gasteiger partial charge in [-0.1, -0.05) is 11.3 Å². The average molecular weight is 435 g/mol. The molecule has 0 aliphatic heterocycles. The third-order valence-corrected chi connectivity index (χ3v) is 6.15. The minimum Gasteiger partial charge on any atom is -0.462 e. The molecule has 2 heterocycles. The SMILES string of the molecule is CCOC(=O)c1sc(NC(=O)Cn2c(-c3ccc(F)cc3)c(C)sc2=O)cc1C. The van der Waals surface area contributed by atoms with Crippen molar-refractivity contribution in [3.8, 4) is 11.3 Å². The number of aryl methyl sites for hydroxylation is 2. The molecule has 1 aromatic carbocycles. The van der Waals surface area contributed by atoms with E-state index in [1.54, 1.807) is 39.0 Å². The van der Waals surface area contributed by atoms with E-state index < -0.39 is 11.9 Å². The second kappa shape index (κ2) is 8.71. The Hall–Kier alpha value is -2.78. The number of halogens is 1. The standard InChI is InChI=1S/C20H19FN2O4S2/c1-4-27-19(25)18-11(2)9-16(29-18)22-15(24)10-23-17(12(3)28-20(23)26)13-5-7-14(21)8-6-13/h5-9H,4,10H2,1-3H3,(H,22,24). The molecule has 3 rings (SSSR count). The number of aromatic nitrogens is 1. The number of rotatable bonds is 6. The molecule has 152 valence electrons. The second-order valence-corrected chi connectivity index (χ2v) is 8.48. The first kappa shape index (κ1) is 20.9. The van der Waals surface area contributed by atoms with Gasteiger partial charge in [0.2, 0.25) is 5.91 Å². The van der Waals surface area contributed by atoms with Gasteiger partial charge in [-0.05, 0) is 62.2 Å². The van der Waals surface area contributed by atoms with E-state index in [-0.39, 0.29) is 23.8 Å². The Morgan fingerprint density at radius 1 is 1.17 bits per heavy atom. The summed E-state index contributed by atoms with van der Waals surface area (Å²) in [6.07, 6.45) is 0. The number of carbonyl (C=O) groups excluding carboxylic acids is 2. The van der Waals surface area contributed by atoms with E-state index in [4.69, 9.17) is 4.74 Å². The number of hydrogen-bond donors (Lipinski definition) is 1. The maximum atomic E-state index is 13.2. The zero-order valence-corrected chi connectivity index (χ0v) is 17.7. The predicted molar refractivity (Wildman–Crippen MR) is 112 cm³/mol. The van der Waals surface area contributed by atoms with Gasteiger partial charge in [0.25, 0.3) is 0 Å². The van der Waals surface area contributed by atoms with Crippen molar-refractivity contribution < 1.29 is 18.7 Å². The number of esters is 1. The molecule has 0 aliphatic rings. The fraction of sp³-hybridized carbons (Fsp3) is 0.250. The van der Waals surface area contributed by atoms with E-state index in [2.05, 4.69) is 5.32 Å². The van der Waals surface area contributed by atoms with Crippen molar-refractivity contribution >= 4 is 39.6 Å². The highest BCUT2D eigenvalue weighted by atomic mass is 32.1. The molecule has 2 aromatic heterocycles. The van der Waals surface area contributed by atoms with E-state index in [9.17, 15) is 18.8 Å². The number of hydrogen-bond acceptors (Lipinski definition) is 6. The number of ether oxygens (including phenoxy) is 1. The second-order valence-electron chi connectivity index (χ2n) is 6.26. The van der Waals surface area contributed by atoms with Crippen LogP contribution in [0.3, 0.4) is 0 Å². The number of nitrogens with zero attached hydrogens (tertiary/aromatic N) is 1. The lowest BCUT2D eigenvalue weighted by molar-refractivity contribution is -0.116. The van der Waals surface area contributed by atoms with Gasteiger partial charge in [-0.25, -0.2) is 9.18 Å². The van der Waals surface area contributed by atoms with Crippen LogP contribution in [0.15, 0.2) is 35.1 Å². The third kappa shape index (κ3) is 4.63. The molecule has 1 amide bonds. The summed E-state index contributed by atoms with van der Waals surface area (Å²) in [4.78, 5) is 37.8. The Balaban J connectivity index is 1.82. The monoisotopic (exact) mass is 434 g/mol. The third-order valence-electron chi connectivity index (χ3n) is 4.12. The first-order valence-corrected chi connectivity index (χ1v) is 10.5. The van der Waals surface area contributed by atoms with Gasteiger partial charge in [-0.15, -0.1) is 11.3 Å². The molecule has 0 radical (unpaired) electrons. The quantitative estimate of drug-likeness (QED) is 0.590. The van der Waals surface area contributed by atoms with Crippen LogP contribution in [0.1, 0.15) is 27.0 Å². The lowest BCUT2D eigenvalue weighted by atomic mass is 10.1. The minimum absolute atomic E-state index is 0.193. The number of anilines is 1. The van der Waals surface area contributed by atoms with Crippen LogP contribution in [0.2, 0.25) is 0 Å². The summed E-state index contributed by atoms with van der Waals surface area (Å²) in [5.74, 6) is -1.21. The molecule has 0 saturated heterocycles. The molecule has 0 bridgehead atoms. The van der Waals surface area contributed by atoms with E-state index >= 15 is 0 Å². The molecule has 29 heavy (non-hydrogen) atoms. The van der Waals surface area contributed by atoms with Crippen LogP contribution in [0.25, 0.3) is 11.3 Å². The molecular weight excluding hydrogens is 415 g/mol. The number of amides is 1. The summed E-state index contributed by atoms with van der Waals surface area (Å²) in [6.45, 7) is 5.35. The maximum absolute atomic E-state index is 13.2. The Morgan fingerprint density at radius 3 is 2.52 bits per heavy atom. The van der Waals surface area contributed by atoms with Gasteiger partial charge in [0.1, 0.15) is 17.2 Å². The molecule has 0 saturated carbocycles. The summed E-state index contributed by atoms with van der Waals surface area (Å²) in [5, 5.41) is 3.23. The van der Waals surface area contributed by atoms with Crippen LogP contribution in [0.5, 0.6) is 0 Å². The minimum atomic E-state index is -0.432. The number of benzene rings is 1. The first-order chi connectivity index (χ1) is 13.8. The zero-order chi connectivity index (χ0) is 21.1. The van der Waals surface area contributed by atoms with Crippen LogP contribution in [0.4, 0.5) is 9.39 Å². The molecule has 0 aliphatic carbocycles. The molecular formula is C20H19FN2O4S2. The number of thiophene rings is 1. The van der Waals surface area contributed by atoms with Crippen LogP contribution in [-0.2, 0) is 16.1 Å². The smallest absolute Gasteiger partial charge is 0.348 e. The van der Waals surface area contributed by atoms with Gasteiger partial charge in [-0.3, -0.25) is 14.2 Å². The Kier molecular flexibility index (Phi) is 6.29. The summed E-state index contributed by atoms with van der Waals surface area (Å²) < 4.78 is 19.6. The van der Waals surface area contributed by atoms with Gasteiger partial charge < -0.3 is 10.1 Å². The van der Waals surface area contributed by atoms with Crippen molar-refractivity contribution in [1.82, 2.24) is 4.57 Å². The van der Waals surface area contributed by atoms with Crippen molar-refractivity contribution in [3.63, 3.8) is 0 Å². The molecule has 0 fully saturated rings. The van der Waals surface area contributed by atoms with Crippen molar-refractivity contribution in [3.05, 3.63) is 61.1 Å². The van der Waals surface area contributed by atoms with Crippen molar-refractivity contribution in [1.29, 1.82) is 0 Å². The van der Waals surface area contributed by atoms with Crippen molar-refractivity contribution in [2.75, 3.05) is 11.9 Å². The molecule has 6 nitrogen and oxygen atoms in total. The number of carbonyl (C=O) groups is 2. The van der Waals surface area contributed by atoms with Crippen LogP contribution >= 0.6 is 22.7 Å². The highest BCUT2D eigenvalue weighted by molar-refractivity contribution is 7.18. The molecule has 0 atom stereocenters. The fourth-order valence-electron chi connectivity index (χ4n) is 2.89. The molecule has 0 unspecified atom stereocenters. The van der Waals surface area contributed by atoms with Gasteiger partial charge >= 0.3 is 10.8 Å². The highest BCUT2D eigenvalue weighted by Gasteiger charge is 2.19. The van der Waals surface area contributed by atoms with Crippen molar-refractivity contribution in [2.24, 2.45) is 0 Å². The molecule has 0 spiro atoms. The Bertz CT molecular complexity index is 1110. The zero-order valence-electron chi connectivity index (χ0n) is 16.1. The van der Waals surface area contributed by atoms with Crippen molar-refractivity contribution in [2.45, 2.75) is 27.3 Å². The largest absolute Gasteiger partial charge is 0.462 e. The van der Waals surface area contributed by atoms with E-state index in [0.717, 1.165) is 27.6 Å². The van der Waals surface area contributed by atoms with Gasteiger partial charge in [0, 0.05) is 4.88 Å². The lowest BCUT2D eigenvalue weighted by Crippen LogP contribution is -2.24. The maximum Gasteiger partial charge on any atom is 0.348 e. The number of nitrogens with one attached hydrogen (secondary N) is 1. The molecule has 3 aromatic rings. The first-order valence-electron chi connectivity index (χ1n) is 8.83. The lowest BCUT2D eigenvalue weighted by Gasteiger charge is -2.09. The van der Waals surface area contributed by atoms with Crippen LogP contribution < -0.4 is 10.2 Å². The van der Waals surface area contributed by atoms with Crippen LogP contribution in [-0.4, -0.2) is 23.1 Å². The van der Waals surface area contributed by atoms with E-state index in [1.165, 1.54) is 16.7 Å². The predicted octanol–water partition coefficient (Wildman–Crippen LogP) is 4.21. The topological polar surface area (TPSA) is 77.4 Å². The highest BCUT2D eigenvalue weighted by Crippen LogP contribution is 2.28. The molecule has 1 N–H and O–H groups in total. The number of thiazole rings is 1. The van der Waals surface area contributed by atoms with E-state index in [0.29, 0.717) is 26.7 Å².